The summed E-state index contributed by atoms with van der Waals surface area (Å²) >= 11 is 4.88. The van der Waals surface area contributed by atoms with E-state index in [0.717, 1.165) is 5.56 Å². The van der Waals surface area contributed by atoms with Gasteiger partial charge in [0.25, 0.3) is 5.91 Å². The van der Waals surface area contributed by atoms with Crippen molar-refractivity contribution in [3.63, 3.8) is 0 Å². The fourth-order valence-electron chi connectivity index (χ4n) is 1.72. The van der Waals surface area contributed by atoms with Gasteiger partial charge in [-0.3, -0.25) is 4.79 Å². The molecule has 0 aliphatic carbocycles. The smallest absolute Gasteiger partial charge is 0.265 e. The minimum absolute atomic E-state index is 0.220. The third kappa shape index (κ3) is 4.29. The number of anilines is 1. The van der Waals surface area contributed by atoms with Crippen LogP contribution in [0.15, 0.2) is 54.6 Å². The normalized spacial score (nSPS) is 11.5. The highest BCUT2D eigenvalue weighted by Crippen LogP contribution is 2.13. The molecule has 108 valence electrons. The van der Waals surface area contributed by atoms with E-state index in [-0.39, 0.29) is 5.91 Å². The molecule has 2 aromatic carbocycles. The first-order valence-corrected chi connectivity index (χ1v) is 6.89. The molecule has 1 amide bonds. The second-order valence-corrected chi connectivity index (χ2v) is 4.94. The molecule has 0 aliphatic rings. The van der Waals surface area contributed by atoms with Crippen molar-refractivity contribution in [3.8, 4) is 5.75 Å². The van der Waals surface area contributed by atoms with Gasteiger partial charge in [-0.05, 0) is 43.3 Å². The van der Waals surface area contributed by atoms with Crippen molar-refractivity contribution in [3.05, 3.63) is 60.2 Å². The molecule has 21 heavy (non-hydrogen) atoms. The van der Waals surface area contributed by atoms with Crippen LogP contribution >= 0.6 is 12.2 Å². The lowest BCUT2D eigenvalue weighted by Gasteiger charge is -2.14. The molecule has 4 nitrogen and oxygen atoms in total. The topological polar surface area (TPSA) is 64.3 Å². The Bertz CT molecular complexity index is 626. The van der Waals surface area contributed by atoms with Crippen molar-refractivity contribution in [2.45, 2.75) is 13.0 Å². The number of rotatable bonds is 5. The largest absolute Gasteiger partial charge is 0.481 e. The van der Waals surface area contributed by atoms with Crippen molar-refractivity contribution in [2.75, 3.05) is 5.32 Å². The number of ether oxygens (including phenoxy) is 1. The van der Waals surface area contributed by atoms with E-state index >= 15 is 0 Å². The molecule has 2 rings (SSSR count). The van der Waals surface area contributed by atoms with Gasteiger partial charge in [0.2, 0.25) is 0 Å². The number of thiocarbonyl (C=S) groups is 1. The highest BCUT2D eigenvalue weighted by atomic mass is 32.1. The van der Waals surface area contributed by atoms with Crippen molar-refractivity contribution < 1.29 is 9.53 Å². The second-order valence-electron chi connectivity index (χ2n) is 4.50. The van der Waals surface area contributed by atoms with Crippen LogP contribution in [0.4, 0.5) is 5.69 Å². The van der Waals surface area contributed by atoms with E-state index in [1.807, 2.05) is 18.2 Å². The molecule has 0 heterocycles. The van der Waals surface area contributed by atoms with E-state index in [0.29, 0.717) is 16.4 Å². The maximum atomic E-state index is 12.0. The Morgan fingerprint density at radius 2 is 1.76 bits per heavy atom. The molecular formula is C16H16N2O2S. The van der Waals surface area contributed by atoms with E-state index in [4.69, 9.17) is 22.7 Å². The van der Waals surface area contributed by atoms with Crippen LogP contribution in [-0.2, 0) is 4.79 Å². The third-order valence-corrected chi connectivity index (χ3v) is 3.10. The Morgan fingerprint density at radius 1 is 1.14 bits per heavy atom. The van der Waals surface area contributed by atoms with Gasteiger partial charge in [0, 0.05) is 11.3 Å². The molecule has 3 N–H and O–H groups in total. The van der Waals surface area contributed by atoms with Crippen molar-refractivity contribution >= 4 is 28.8 Å². The molecule has 0 aliphatic heterocycles. The number of carbonyl (C=O) groups excluding carboxylic acids is 1. The second kappa shape index (κ2) is 6.85. The average Bonchev–Trinajstić information content (AvgIpc) is 2.48. The number of nitrogens with one attached hydrogen (secondary N) is 1. The van der Waals surface area contributed by atoms with Crippen LogP contribution < -0.4 is 15.8 Å². The van der Waals surface area contributed by atoms with Crippen LogP contribution in [0, 0.1) is 0 Å². The minimum Gasteiger partial charge on any atom is -0.481 e. The fraction of sp³-hybridized carbons (Fsp3) is 0.125. The summed E-state index contributed by atoms with van der Waals surface area (Å²) in [5.41, 5.74) is 6.95. The lowest BCUT2D eigenvalue weighted by molar-refractivity contribution is -0.122. The molecule has 0 saturated heterocycles. The van der Waals surface area contributed by atoms with Gasteiger partial charge in [-0.25, -0.2) is 0 Å². The SMILES string of the molecule is CC(Oc1ccccc1)C(=O)Nc1ccc(C(N)=S)cc1. The predicted octanol–water partition coefficient (Wildman–Crippen LogP) is 2.73. The monoisotopic (exact) mass is 300 g/mol. The lowest BCUT2D eigenvalue weighted by Crippen LogP contribution is -2.30. The van der Waals surface area contributed by atoms with Crippen LogP contribution in [0.3, 0.4) is 0 Å². The zero-order valence-corrected chi connectivity index (χ0v) is 12.4. The van der Waals surface area contributed by atoms with Crippen LogP contribution in [0.25, 0.3) is 0 Å². The molecule has 1 unspecified atom stereocenters. The highest BCUT2D eigenvalue weighted by Gasteiger charge is 2.14. The molecule has 0 radical (unpaired) electrons. The molecular weight excluding hydrogens is 284 g/mol. The summed E-state index contributed by atoms with van der Waals surface area (Å²) in [6, 6.07) is 16.2. The molecule has 2 aromatic rings. The Kier molecular flexibility index (Phi) is 4.90. The fourth-order valence-corrected chi connectivity index (χ4v) is 1.85. The Labute approximate surface area is 128 Å². The average molecular weight is 300 g/mol. The van der Waals surface area contributed by atoms with Gasteiger partial charge in [0.1, 0.15) is 10.7 Å². The van der Waals surface area contributed by atoms with Gasteiger partial charge in [0.05, 0.1) is 0 Å². The Hall–Kier alpha value is -2.40. The number of hydrogen-bond acceptors (Lipinski definition) is 3. The molecule has 0 bridgehead atoms. The quantitative estimate of drug-likeness (QED) is 0.833. The van der Waals surface area contributed by atoms with Crippen molar-refractivity contribution in [1.29, 1.82) is 0 Å². The summed E-state index contributed by atoms with van der Waals surface area (Å²) < 4.78 is 5.56. The summed E-state index contributed by atoms with van der Waals surface area (Å²) in [6.45, 7) is 1.70. The first kappa shape index (κ1) is 15.0. The van der Waals surface area contributed by atoms with Crippen LogP contribution in [-0.4, -0.2) is 17.0 Å². The number of amides is 1. The third-order valence-electron chi connectivity index (χ3n) is 2.86. The number of para-hydroxylation sites is 1. The van der Waals surface area contributed by atoms with Crippen LogP contribution in [0.1, 0.15) is 12.5 Å². The van der Waals surface area contributed by atoms with Gasteiger partial charge < -0.3 is 15.8 Å². The number of carbonyl (C=O) groups is 1. The summed E-state index contributed by atoms with van der Waals surface area (Å²) in [5.74, 6) is 0.436. The standard InChI is InChI=1S/C16H16N2O2S/c1-11(20-14-5-3-2-4-6-14)16(19)18-13-9-7-12(8-10-13)15(17)21/h2-11H,1H3,(H2,17,21)(H,18,19). The zero-order valence-electron chi connectivity index (χ0n) is 11.6. The first-order chi connectivity index (χ1) is 10.1. The molecule has 0 saturated carbocycles. The maximum absolute atomic E-state index is 12.0. The summed E-state index contributed by atoms with van der Waals surface area (Å²) in [6.07, 6.45) is -0.595. The van der Waals surface area contributed by atoms with E-state index in [9.17, 15) is 4.79 Å². The van der Waals surface area contributed by atoms with E-state index in [1.165, 1.54) is 0 Å². The van der Waals surface area contributed by atoms with E-state index in [2.05, 4.69) is 5.32 Å². The number of hydrogen-bond donors (Lipinski definition) is 2. The van der Waals surface area contributed by atoms with Gasteiger partial charge in [0.15, 0.2) is 6.10 Å². The molecule has 0 fully saturated rings. The highest BCUT2D eigenvalue weighted by molar-refractivity contribution is 7.80. The molecule has 0 aromatic heterocycles. The van der Waals surface area contributed by atoms with Crippen molar-refractivity contribution in [2.24, 2.45) is 5.73 Å². The summed E-state index contributed by atoms with van der Waals surface area (Å²) in [5, 5.41) is 2.78. The van der Waals surface area contributed by atoms with E-state index in [1.54, 1.807) is 43.3 Å². The van der Waals surface area contributed by atoms with E-state index < -0.39 is 6.10 Å². The maximum Gasteiger partial charge on any atom is 0.265 e. The van der Waals surface area contributed by atoms with Crippen molar-refractivity contribution in [1.82, 2.24) is 0 Å². The predicted molar refractivity (Wildman–Crippen MR) is 87.5 cm³/mol. The number of benzene rings is 2. The first-order valence-electron chi connectivity index (χ1n) is 6.48. The van der Waals surface area contributed by atoms with Gasteiger partial charge in [-0.2, -0.15) is 0 Å². The van der Waals surface area contributed by atoms with Crippen LogP contribution in [0.5, 0.6) is 5.75 Å². The zero-order chi connectivity index (χ0) is 15.2. The molecule has 5 heteroatoms. The number of nitrogens with two attached hydrogens (primary N) is 1. The Balaban J connectivity index is 1.95. The molecule has 1 atom stereocenters. The van der Waals surface area contributed by atoms with Crippen LogP contribution in [0.2, 0.25) is 0 Å². The minimum atomic E-state index is -0.595. The Morgan fingerprint density at radius 3 is 2.33 bits per heavy atom. The molecule has 0 spiro atoms. The summed E-state index contributed by atoms with van der Waals surface area (Å²) in [7, 11) is 0. The van der Waals surface area contributed by atoms with Gasteiger partial charge in [-0.1, -0.05) is 30.4 Å². The van der Waals surface area contributed by atoms with Gasteiger partial charge >= 0.3 is 0 Å². The lowest BCUT2D eigenvalue weighted by atomic mass is 10.2. The summed E-state index contributed by atoms with van der Waals surface area (Å²) in [4.78, 5) is 12.4. The van der Waals surface area contributed by atoms with Gasteiger partial charge in [-0.15, -0.1) is 0 Å².